The zero-order valence-corrected chi connectivity index (χ0v) is 12.3. The van der Waals surface area contributed by atoms with Crippen LogP contribution in [0.15, 0.2) is 0 Å². The van der Waals surface area contributed by atoms with Crippen LogP contribution in [-0.4, -0.2) is 38.0 Å². The van der Waals surface area contributed by atoms with Crippen LogP contribution in [0, 0.1) is 5.92 Å². The van der Waals surface area contributed by atoms with Crippen molar-refractivity contribution in [3.63, 3.8) is 0 Å². The number of halogens is 3. The molecule has 0 aromatic carbocycles. The molecule has 0 saturated heterocycles. The number of alkyl halides is 3. The van der Waals surface area contributed by atoms with Crippen molar-refractivity contribution < 1.29 is 27.9 Å². The lowest BCUT2D eigenvalue weighted by Gasteiger charge is -2.27. The van der Waals surface area contributed by atoms with Crippen molar-refractivity contribution in [3.8, 4) is 0 Å². The Labute approximate surface area is 129 Å². The molecule has 1 N–H and O–H groups in total. The van der Waals surface area contributed by atoms with E-state index >= 15 is 0 Å². The number of ketones is 1. The largest absolute Gasteiger partial charge is 0.465 e. The molecule has 3 rings (SSSR count). The van der Waals surface area contributed by atoms with Gasteiger partial charge in [-0.3, -0.25) is 4.79 Å². The first-order chi connectivity index (χ1) is 10.8. The summed E-state index contributed by atoms with van der Waals surface area (Å²) in [6.45, 7) is -0.452. The highest BCUT2D eigenvalue weighted by Crippen LogP contribution is 2.35. The van der Waals surface area contributed by atoms with E-state index in [-0.39, 0.29) is 36.9 Å². The molecule has 1 saturated carbocycles. The van der Waals surface area contributed by atoms with Crippen LogP contribution in [0.5, 0.6) is 0 Å². The predicted molar refractivity (Wildman–Crippen MR) is 72.0 cm³/mol. The number of aromatic nitrogens is 2. The van der Waals surface area contributed by atoms with Crippen LogP contribution in [0.25, 0.3) is 0 Å². The van der Waals surface area contributed by atoms with Gasteiger partial charge in [-0.2, -0.15) is 13.2 Å². The first kappa shape index (κ1) is 15.8. The molecule has 0 unspecified atom stereocenters. The van der Waals surface area contributed by atoms with E-state index in [2.05, 4.69) is 4.98 Å². The van der Waals surface area contributed by atoms with Gasteiger partial charge in [0.25, 0.3) is 0 Å². The van der Waals surface area contributed by atoms with Crippen molar-refractivity contribution in [1.29, 1.82) is 0 Å². The van der Waals surface area contributed by atoms with Gasteiger partial charge in [0.2, 0.25) is 5.82 Å². The number of hydrogen-bond acceptors (Lipinski definition) is 3. The van der Waals surface area contributed by atoms with Gasteiger partial charge in [-0.1, -0.05) is 12.8 Å². The second kappa shape index (κ2) is 5.54. The Kier molecular flexibility index (Phi) is 3.81. The van der Waals surface area contributed by atoms with Crippen LogP contribution in [-0.2, 0) is 19.3 Å². The average molecular weight is 331 g/mol. The molecule has 6 nitrogen and oxygen atoms in total. The van der Waals surface area contributed by atoms with Crippen LogP contribution in [0.4, 0.5) is 18.0 Å². The van der Waals surface area contributed by atoms with Crippen molar-refractivity contribution in [2.45, 2.75) is 44.9 Å². The molecule has 1 aromatic rings. The molecule has 9 heteroatoms. The zero-order chi connectivity index (χ0) is 16.8. The summed E-state index contributed by atoms with van der Waals surface area (Å²) >= 11 is 0. The average Bonchev–Trinajstić information content (AvgIpc) is 3.13. The number of fused-ring (bicyclic) bond motifs is 1. The SMILES string of the molecule is O=C(c1nc(C(F)(F)F)n2c1CN(C(=O)O)CC2)C1CCCC1. The van der Waals surface area contributed by atoms with Crippen molar-refractivity contribution in [2.75, 3.05) is 6.54 Å². The highest BCUT2D eigenvalue weighted by Gasteiger charge is 2.42. The van der Waals surface area contributed by atoms with Gasteiger partial charge in [0, 0.05) is 19.0 Å². The Morgan fingerprint density at radius 1 is 1.17 bits per heavy atom. The molecule has 0 bridgehead atoms. The fourth-order valence-corrected chi connectivity index (χ4v) is 3.33. The Hall–Kier alpha value is -2.06. The highest BCUT2D eigenvalue weighted by molar-refractivity contribution is 5.97. The fraction of sp³-hybridized carbons (Fsp3) is 0.643. The summed E-state index contributed by atoms with van der Waals surface area (Å²) in [6, 6.07) is 0. The minimum atomic E-state index is -4.67. The summed E-state index contributed by atoms with van der Waals surface area (Å²) in [7, 11) is 0. The molecular formula is C14H16F3N3O3. The van der Waals surface area contributed by atoms with Crippen molar-refractivity contribution >= 4 is 11.9 Å². The van der Waals surface area contributed by atoms with Crippen molar-refractivity contribution in [3.05, 3.63) is 17.2 Å². The normalized spacial score (nSPS) is 19.0. The van der Waals surface area contributed by atoms with E-state index in [4.69, 9.17) is 5.11 Å². The van der Waals surface area contributed by atoms with Crippen molar-refractivity contribution in [1.82, 2.24) is 14.5 Å². The summed E-state index contributed by atoms with van der Waals surface area (Å²) in [6.07, 6.45) is -2.84. The lowest BCUT2D eigenvalue weighted by atomic mass is 9.98. The number of hydrogen-bond donors (Lipinski definition) is 1. The number of nitrogens with zero attached hydrogens (tertiary/aromatic N) is 3. The zero-order valence-electron chi connectivity index (χ0n) is 12.3. The minimum Gasteiger partial charge on any atom is -0.465 e. The van der Waals surface area contributed by atoms with Gasteiger partial charge >= 0.3 is 12.3 Å². The molecule has 126 valence electrons. The standard InChI is InChI=1S/C14H16F3N3O3/c15-14(16,17)12-18-10(11(21)8-3-1-2-4-8)9-7-19(13(22)23)5-6-20(9)12/h8H,1-7H2,(H,22,23). The molecular weight excluding hydrogens is 315 g/mol. The van der Waals surface area contributed by atoms with Crippen LogP contribution in [0.1, 0.15) is 47.7 Å². The van der Waals surface area contributed by atoms with Gasteiger partial charge in [0.1, 0.15) is 5.69 Å². The summed E-state index contributed by atoms with van der Waals surface area (Å²) in [4.78, 5) is 28.2. The highest BCUT2D eigenvalue weighted by atomic mass is 19.4. The van der Waals surface area contributed by atoms with Gasteiger partial charge in [0.15, 0.2) is 5.78 Å². The van der Waals surface area contributed by atoms with E-state index in [9.17, 15) is 22.8 Å². The van der Waals surface area contributed by atoms with E-state index in [1.54, 1.807) is 0 Å². The first-order valence-corrected chi connectivity index (χ1v) is 7.47. The summed E-state index contributed by atoms with van der Waals surface area (Å²) in [5, 5.41) is 9.06. The third kappa shape index (κ3) is 2.79. The van der Waals surface area contributed by atoms with Gasteiger partial charge in [0.05, 0.1) is 12.2 Å². The smallest absolute Gasteiger partial charge is 0.449 e. The number of amides is 1. The van der Waals surface area contributed by atoms with Gasteiger partial charge < -0.3 is 14.6 Å². The summed E-state index contributed by atoms with van der Waals surface area (Å²) < 4.78 is 40.4. The summed E-state index contributed by atoms with van der Waals surface area (Å²) in [5.41, 5.74) is -0.155. The van der Waals surface area contributed by atoms with Gasteiger partial charge in [-0.15, -0.1) is 0 Å². The van der Waals surface area contributed by atoms with Crippen molar-refractivity contribution in [2.24, 2.45) is 5.92 Å². The lowest BCUT2D eigenvalue weighted by Crippen LogP contribution is -2.38. The quantitative estimate of drug-likeness (QED) is 0.846. The Bertz CT molecular complexity index is 648. The predicted octanol–water partition coefficient (Wildman–Crippen LogP) is 2.77. The summed E-state index contributed by atoms with van der Waals surface area (Å²) in [5.74, 6) is -1.82. The molecule has 1 amide bonds. The Morgan fingerprint density at radius 3 is 2.39 bits per heavy atom. The van der Waals surface area contributed by atoms with Crippen LogP contribution in [0.3, 0.4) is 0 Å². The van der Waals surface area contributed by atoms with Crippen LogP contribution < -0.4 is 0 Å². The molecule has 1 aromatic heterocycles. The Morgan fingerprint density at radius 2 is 1.83 bits per heavy atom. The van der Waals surface area contributed by atoms with Gasteiger partial charge in [-0.25, -0.2) is 9.78 Å². The van der Waals surface area contributed by atoms with E-state index in [1.165, 1.54) is 0 Å². The van der Waals surface area contributed by atoms with E-state index in [0.29, 0.717) is 12.8 Å². The van der Waals surface area contributed by atoms with Crippen LogP contribution >= 0.6 is 0 Å². The topological polar surface area (TPSA) is 75.4 Å². The molecule has 23 heavy (non-hydrogen) atoms. The third-order valence-electron chi connectivity index (χ3n) is 4.49. The Balaban J connectivity index is 2.03. The minimum absolute atomic E-state index is 0.0567. The molecule has 2 aliphatic rings. The number of imidazole rings is 1. The maximum atomic E-state index is 13.2. The number of carboxylic acid groups (broad SMARTS) is 1. The molecule has 1 fully saturated rings. The van der Waals surface area contributed by atoms with E-state index < -0.39 is 23.9 Å². The van der Waals surface area contributed by atoms with E-state index in [0.717, 1.165) is 22.3 Å². The fourth-order valence-electron chi connectivity index (χ4n) is 3.33. The number of carbonyl (C=O) groups excluding carboxylic acids is 1. The van der Waals surface area contributed by atoms with Gasteiger partial charge in [-0.05, 0) is 12.8 Å². The van der Waals surface area contributed by atoms with E-state index in [1.807, 2.05) is 0 Å². The molecule has 0 atom stereocenters. The number of Topliss-reactive ketones (excluding diaryl/α,β-unsaturated/α-hetero) is 1. The molecule has 0 spiro atoms. The maximum Gasteiger partial charge on any atom is 0.449 e. The molecule has 1 aliphatic carbocycles. The second-order valence-corrected chi connectivity index (χ2v) is 5.93. The molecule has 0 radical (unpaired) electrons. The number of rotatable bonds is 2. The van der Waals surface area contributed by atoms with Crippen LogP contribution in [0.2, 0.25) is 0 Å². The molecule has 2 heterocycles. The maximum absolute atomic E-state index is 13.2. The lowest BCUT2D eigenvalue weighted by molar-refractivity contribution is -0.147. The monoisotopic (exact) mass is 331 g/mol. The third-order valence-corrected chi connectivity index (χ3v) is 4.49. The molecule has 1 aliphatic heterocycles. The second-order valence-electron chi connectivity index (χ2n) is 5.93. The first-order valence-electron chi connectivity index (χ1n) is 7.47. The number of carbonyl (C=O) groups is 2.